The molecule has 0 spiro atoms. The second kappa shape index (κ2) is 4.72. The SMILES string of the molecule is COCCc1ccc(I)cc1. The lowest BCUT2D eigenvalue weighted by molar-refractivity contribution is 0.202. The smallest absolute Gasteiger partial charge is 0.0502 e. The third-order valence-electron chi connectivity index (χ3n) is 1.51. The minimum Gasteiger partial charge on any atom is -0.384 e. The molecular formula is C9H11IO. The van der Waals surface area contributed by atoms with Crippen molar-refractivity contribution < 1.29 is 4.74 Å². The molecule has 0 fully saturated rings. The molecule has 0 bridgehead atoms. The standard InChI is InChI=1S/C9H11IO/c1-11-7-6-8-2-4-9(10)5-3-8/h2-5H,6-7H2,1H3. The number of ether oxygens (including phenoxy) is 1. The fraction of sp³-hybridized carbons (Fsp3) is 0.333. The Kier molecular flexibility index (Phi) is 3.86. The molecular weight excluding hydrogens is 251 g/mol. The first-order valence-electron chi connectivity index (χ1n) is 3.56. The summed E-state index contributed by atoms with van der Waals surface area (Å²) >= 11 is 2.30. The molecule has 0 amide bonds. The molecule has 60 valence electrons. The Labute approximate surface area is 80.9 Å². The van der Waals surface area contributed by atoms with Crippen LogP contribution in [0.15, 0.2) is 24.3 Å². The van der Waals surface area contributed by atoms with Gasteiger partial charge in [0.1, 0.15) is 0 Å². The largest absolute Gasteiger partial charge is 0.384 e. The van der Waals surface area contributed by atoms with Gasteiger partial charge in [0.05, 0.1) is 6.61 Å². The molecule has 0 unspecified atom stereocenters. The molecule has 0 saturated carbocycles. The number of halogens is 1. The molecule has 0 N–H and O–H groups in total. The Morgan fingerprint density at radius 2 is 1.91 bits per heavy atom. The molecule has 0 aromatic heterocycles. The van der Waals surface area contributed by atoms with Gasteiger partial charge in [0, 0.05) is 10.7 Å². The van der Waals surface area contributed by atoms with E-state index in [1.54, 1.807) is 7.11 Å². The van der Waals surface area contributed by atoms with Gasteiger partial charge in [-0.15, -0.1) is 0 Å². The monoisotopic (exact) mass is 262 g/mol. The zero-order valence-corrected chi connectivity index (χ0v) is 8.67. The molecule has 1 aromatic carbocycles. The van der Waals surface area contributed by atoms with E-state index < -0.39 is 0 Å². The number of hydrogen-bond donors (Lipinski definition) is 0. The molecule has 0 aliphatic rings. The zero-order valence-electron chi connectivity index (χ0n) is 6.51. The third kappa shape index (κ3) is 3.20. The maximum atomic E-state index is 4.97. The van der Waals surface area contributed by atoms with Crippen molar-refractivity contribution in [3.05, 3.63) is 33.4 Å². The topological polar surface area (TPSA) is 9.23 Å². The summed E-state index contributed by atoms with van der Waals surface area (Å²) in [6, 6.07) is 8.51. The average molecular weight is 262 g/mol. The van der Waals surface area contributed by atoms with Gasteiger partial charge in [-0.25, -0.2) is 0 Å². The van der Waals surface area contributed by atoms with Crippen molar-refractivity contribution in [3.63, 3.8) is 0 Å². The van der Waals surface area contributed by atoms with Crippen LogP contribution in [0.2, 0.25) is 0 Å². The second-order valence-electron chi connectivity index (χ2n) is 2.37. The fourth-order valence-corrected chi connectivity index (χ4v) is 1.23. The van der Waals surface area contributed by atoms with Gasteiger partial charge in [0.25, 0.3) is 0 Å². The van der Waals surface area contributed by atoms with E-state index in [1.165, 1.54) is 9.13 Å². The highest BCUT2D eigenvalue weighted by Crippen LogP contribution is 2.06. The first kappa shape index (κ1) is 9.00. The summed E-state index contributed by atoms with van der Waals surface area (Å²) in [6.07, 6.45) is 1.01. The molecule has 11 heavy (non-hydrogen) atoms. The van der Waals surface area contributed by atoms with Crippen LogP contribution in [0, 0.1) is 3.57 Å². The summed E-state index contributed by atoms with van der Waals surface area (Å²) in [5, 5.41) is 0. The maximum absolute atomic E-state index is 4.97. The summed E-state index contributed by atoms with van der Waals surface area (Å²) < 4.78 is 6.26. The normalized spacial score (nSPS) is 10.0. The average Bonchev–Trinajstić information content (AvgIpc) is 2.04. The van der Waals surface area contributed by atoms with Crippen molar-refractivity contribution in [2.75, 3.05) is 13.7 Å². The summed E-state index contributed by atoms with van der Waals surface area (Å²) in [5.41, 5.74) is 1.34. The minimum absolute atomic E-state index is 0.806. The van der Waals surface area contributed by atoms with E-state index in [0.717, 1.165) is 13.0 Å². The highest BCUT2D eigenvalue weighted by molar-refractivity contribution is 14.1. The van der Waals surface area contributed by atoms with Crippen molar-refractivity contribution in [2.24, 2.45) is 0 Å². The molecule has 1 nitrogen and oxygen atoms in total. The molecule has 0 aliphatic carbocycles. The molecule has 0 saturated heterocycles. The van der Waals surface area contributed by atoms with E-state index in [4.69, 9.17) is 4.74 Å². The van der Waals surface area contributed by atoms with Crippen molar-refractivity contribution in [1.29, 1.82) is 0 Å². The van der Waals surface area contributed by atoms with Crippen LogP contribution >= 0.6 is 22.6 Å². The van der Waals surface area contributed by atoms with Gasteiger partial charge < -0.3 is 4.74 Å². The Balaban J connectivity index is 2.52. The van der Waals surface area contributed by atoms with Crippen LogP contribution in [0.25, 0.3) is 0 Å². The molecule has 2 heteroatoms. The van der Waals surface area contributed by atoms with E-state index in [1.807, 2.05) is 0 Å². The highest BCUT2D eigenvalue weighted by atomic mass is 127. The Bertz CT molecular complexity index is 205. The van der Waals surface area contributed by atoms with Crippen LogP contribution in [0.5, 0.6) is 0 Å². The quantitative estimate of drug-likeness (QED) is 0.760. The van der Waals surface area contributed by atoms with Crippen molar-refractivity contribution >= 4 is 22.6 Å². The summed E-state index contributed by atoms with van der Waals surface area (Å²) in [7, 11) is 1.73. The summed E-state index contributed by atoms with van der Waals surface area (Å²) in [4.78, 5) is 0. The second-order valence-corrected chi connectivity index (χ2v) is 3.61. The van der Waals surface area contributed by atoms with Gasteiger partial charge in [-0.1, -0.05) is 12.1 Å². The molecule has 1 rings (SSSR count). The Morgan fingerprint density at radius 1 is 1.27 bits per heavy atom. The lowest BCUT2D eigenvalue weighted by Crippen LogP contribution is -1.93. The summed E-state index contributed by atoms with van der Waals surface area (Å²) in [5.74, 6) is 0. The zero-order chi connectivity index (χ0) is 8.10. The van der Waals surface area contributed by atoms with Crippen LogP contribution in [0.3, 0.4) is 0 Å². The molecule has 0 atom stereocenters. The predicted octanol–water partition coefficient (Wildman–Crippen LogP) is 2.48. The van der Waals surface area contributed by atoms with E-state index in [0.29, 0.717) is 0 Å². The van der Waals surface area contributed by atoms with Gasteiger partial charge in [0.15, 0.2) is 0 Å². The Morgan fingerprint density at radius 3 is 2.45 bits per heavy atom. The first-order valence-corrected chi connectivity index (χ1v) is 4.64. The van der Waals surface area contributed by atoms with E-state index in [2.05, 4.69) is 46.9 Å². The highest BCUT2D eigenvalue weighted by Gasteiger charge is 1.90. The number of hydrogen-bond acceptors (Lipinski definition) is 1. The van der Waals surface area contributed by atoms with Crippen molar-refractivity contribution in [1.82, 2.24) is 0 Å². The Hall–Kier alpha value is -0.0900. The van der Waals surface area contributed by atoms with E-state index >= 15 is 0 Å². The molecule has 0 heterocycles. The van der Waals surface area contributed by atoms with Gasteiger partial charge in [0.2, 0.25) is 0 Å². The summed E-state index contributed by atoms with van der Waals surface area (Å²) in [6.45, 7) is 0.806. The van der Waals surface area contributed by atoms with Crippen molar-refractivity contribution in [3.8, 4) is 0 Å². The van der Waals surface area contributed by atoms with Gasteiger partial charge in [-0.3, -0.25) is 0 Å². The van der Waals surface area contributed by atoms with Gasteiger partial charge in [-0.2, -0.15) is 0 Å². The van der Waals surface area contributed by atoms with Crippen LogP contribution in [0.1, 0.15) is 5.56 Å². The fourth-order valence-electron chi connectivity index (χ4n) is 0.871. The lowest BCUT2D eigenvalue weighted by Gasteiger charge is -1.99. The molecule has 1 aromatic rings. The first-order chi connectivity index (χ1) is 5.33. The molecule has 0 aliphatic heterocycles. The van der Waals surface area contributed by atoms with Crippen LogP contribution in [-0.4, -0.2) is 13.7 Å². The maximum Gasteiger partial charge on any atom is 0.0502 e. The third-order valence-corrected chi connectivity index (χ3v) is 2.23. The molecule has 0 radical (unpaired) electrons. The number of benzene rings is 1. The van der Waals surface area contributed by atoms with E-state index in [9.17, 15) is 0 Å². The van der Waals surface area contributed by atoms with Crippen LogP contribution < -0.4 is 0 Å². The van der Waals surface area contributed by atoms with Crippen molar-refractivity contribution in [2.45, 2.75) is 6.42 Å². The number of methoxy groups -OCH3 is 1. The van der Waals surface area contributed by atoms with E-state index in [-0.39, 0.29) is 0 Å². The minimum atomic E-state index is 0.806. The van der Waals surface area contributed by atoms with Crippen LogP contribution in [-0.2, 0) is 11.2 Å². The van der Waals surface area contributed by atoms with Gasteiger partial charge in [-0.05, 0) is 46.7 Å². The lowest BCUT2D eigenvalue weighted by atomic mass is 10.2. The number of rotatable bonds is 3. The van der Waals surface area contributed by atoms with Gasteiger partial charge >= 0.3 is 0 Å². The van der Waals surface area contributed by atoms with Crippen LogP contribution in [0.4, 0.5) is 0 Å². The predicted molar refractivity (Wildman–Crippen MR) is 54.7 cm³/mol.